The molecule has 0 radical (unpaired) electrons. The van der Waals surface area contributed by atoms with Crippen LogP contribution in [0.1, 0.15) is 56.7 Å². The molecule has 5 heteroatoms. The van der Waals surface area contributed by atoms with Crippen LogP contribution >= 0.6 is 11.3 Å². The molecule has 26 heavy (non-hydrogen) atoms. The molecule has 140 valence electrons. The van der Waals surface area contributed by atoms with Crippen molar-refractivity contribution < 1.29 is 0 Å². The van der Waals surface area contributed by atoms with E-state index in [1.165, 1.54) is 12.1 Å². The highest BCUT2D eigenvalue weighted by Crippen LogP contribution is 2.37. The molecule has 2 atom stereocenters. The summed E-state index contributed by atoms with van der Waals surface area (Å²) in [4.78, 5) is 21.1. The van der Waals surface area contributed by atoms with E-state index in [9.17, 15) is 4.79 Å². The summed E-state index contributed by atoms with van der Waals surface area (Å²) in [6.07, 6.45) is 3.15. The molecule has 0 saturated carbocycles. The molecule has 4 rings (SSSR count). The Kier molecular flexibility index (Phi) is 4.78. The summed E-state index contributed by atoms with van der Waals surface area (Å²) >= 11 is 1.72. The van der Waals surface area contributed by atoms with Crippen LogP contribution in [-0.2, 0) is 6.54 Å². The van der Waals surface area contributed by atoms with Crippen molar-refractivity contribution in [2.24, 2.45) is 11.8 Å². The third-order valence-electron chi connectivity index (χ3n) is 5.56. The summed E-state index contributed by atoms with van der Waals surface area (Å²) in [5, 5.41) is 1.14. The maximum atomic E-state index is 12.8. The molecular formula is C21H29N3OS. The summed E-state index contributed by atoms with van der Waals surface area (Å²) in [5.41, 5.74) is 2.44. The van der Waals surface area contributed by atoms with Gasteiger partial charge in [-0.1, -0.05) is 27.7 Å². The Hall–Kier alpha value is -1.46. The quantitative estimate of drug-likeness (QED) is 0.809. The van der Waals surface area contributed by atoms with E-state index in [4.69, 9.17) is 0 Å². The number of thiazole rings is 1. The topological polar surface area (TPSA) is 38.1 Å². The molecule has 0 N–H and O–H groups in total. The molecule has 1 saturated heterocycles. The molecule has 0 aromatic carbocycles. The fraction of sp³-hybridized carbons (Fsp3) is 0.619. The van der Waals surface area contributed by atoms with Crippen LogP contribution in [0, 0.1) is 11.8 Å². The highest BCUT2D eigenvalue weighted by atomic mass is 32.1. The summed E-state index contributed by atoms with van der Waals surface area (Å²) in [7, 11) is 0. The van der Waals surface area contributed by atoms with E-state index < -0.39 is 0 Å². The zero-order valence-electron chi connectivity index (χ0n) is 16.2. The second-order valence-corrected chi connectivity index (χ2v) is 9.81. The van der Waals surface area contributed by atoms with Gasteiger partial charge < -0.3 is 9.47 Å². The largest absolute Gasteiger partial charge is 0.312 e. The number of pyridine rings is 1. The first-order valence-corrected chi connectivity index (χ1v) is 10.7. The molecule has 2 aliphatic heterocycles. The number of nitrogens with zero attached hydrogens (tertiary/aromatic N) is 3. The molecule has 2 bridgehead atoms. The van der Waals surface area contributed by atoms with E-state index in [-0.39, 0.29) is 5.56 Å². The van der Waals surface area contributed by atoms with Gasteiger partial charge in [0.25, 0.3) is 5.56 Å². The minimum Gasteiger partial charge on any atom is -0.312 e. The zero-order valence-corrected chi connectivity index (χ0v) is 17.1. The first kappa shape index (κ1) is 17.9. The van der Waals surface area contributed by atoms with E-state index >= 15 is 0 Å². The van der Waals surface area contributed by atoms with Gasteiger partial charge >= 0.3 is 0 Å². The SMILES string of the molecule is CC(C)CN1C[C@@H]2C[C@H](C1)c1cc(-c3cnc(C(C)C)s3)cc(=O)n1C2. The van der Waals surface area contributed by atoms with Crippen LogP contribution in [0.4, 0.5) is 0 Å². The predicted molar refractivity (Wildman–Crippen MR) is 108 cm³/mol. The number of rotatable bonds is 4. The molecule has 4 heterocycles. The Morgan fingerprint density at radius 1 is 1.19 bits per heavy atom. The van der Waals surface area contributed by atoms with Gasteiger partial charge in [-0.05, 0) is 24.3 Å². The lowest BCUT2D eigenvalue weighted by atomic mass is 9.82. The molecule has 0 amide bonds. The Balaban J connectivity index is 1.68. The van der Waals surface area contributed by atoms with Crippen LogP contribution in [0.2, 0.25) is 0 Å². The summed E-state index contributed by atoms with van der Waals surface area (Å²) in [6.45, 7) is 13.1. The van der Waals surface area contributed by atoms with Crippen molar-refractivity contribution >= 4 is 11.3 Å². The molecule has 2 aromatic heterocycles. The van der Waals surface area contributed by atoms with Crippen molar-refractivity contribution in [1.82, 2.24) is 14.5 Å². The van der Waals surface area contributed by atoms with E-state index in [1.807, 2.05) is 16.8 Å². The molecular weight excluding hydrogens is 342 g/mol. The summed E-state index contributed by atoms with van der Waals surface area (Å²) in [5.74, 6) is 2.20. The Labute approximate surface area is 159 Å². The molecule has 0 aliphatic carbocycles. The van der Waals surface area contributed by atoms with Gasteiger partial charge in [-0.15, -0.1) is 11.3 Å². The van der Waals surface area contributed by atoms with Crippen molar-refractivity contribution in [1.29, 1.82) is 0 Å². The summed E-state index contributed by atoms with van der Waals surface area (Å²) < 4.78 is 2.04. The van der Waals surface area contributed by atoms with Crippen LogP contribution in [0.5, 0.6) is 0 Å². The number of hydrogen-bond acceptors (Lipinski definition) is 4. The number of piperidine rings is 1. The average Bonchev–Trinajstić information content (AvgIpc) is 3.05. The smallest absolute Gasteiger partial charge is 0.251 e. The second kappa shape index (κ2) is 6.93. The van der Waals surface area contributed by atoms with Gasteiger partial charge in [-0.3, -0.25) is 4.79 Å². The van der Waals surface area contributed by atoms with E-state index in [0.717, 1.165) is 41.6 Å². The Bertz CT molecular complexity index is 851. The monoisotopic (exact) mass is 371 g/mol. The van der Waals surface area contributed by atoms with E-state index in [0.29, 0.717) is 23.7 Å². The second-order valence-electron chi connectivity index (χ2n) is 8.75. The van der Waals surface area contributed by atoms with E-state index in [1.54, 1.807) is 11.3 Å². The third-order valence-corrected chi connectivity index (χ3v) is 6.90. The normalized spacial score (nSPS) is 22.8. The zero-order chi connectivity index (χ0) is 18.4. The van der Waals surface area contributed by atoms with Gasteiger partial charge in [0.05, 0.1) is 9.88 Å². The van der Waals surface area contributed by atoms with Gasteiger partial charge in [-0.2, -0.15) is 0 Å². The van der Waals surface area contributed by atoms with Crippen molar-refractivity contribution in [3.8, 4) is 10.4 Å². The minimum absolute atomic E-state index is 0.156. The van der Waals surface area contributed by atoms with Crippen molar-refractivity contribution in [2.75, 3.05) is 19.6 Å². The lowest BCUT2D eigenvalue weighted by Crippen LogP contribution is -2.48. The Morgan fingerprint density at radius 2 is 2.00 bits per heavy atom. The first-order valence-electron chi connectivity index (χ1n) is 9.84. The average molecular weight is 372 g/mol. The number of hydrogen-bond donors (Lipinski definition) is 0. The highest BCUT2D eigenvalue weighted by Gasteiger charge is 2.35. The Morgan fingerprint density at radius 3 is 2.69 bits per heavy atom. The fourth-order valence-corrected chi connectivity index (χ4v) is 5.46. The molecule has 0 spiro atoms. The van der Waals surface area contributed by atoms with Crippen LogP contribution in [0.3, 0.4) is 0 Å². The van der Waals surface area contributed by atoms with Crippen LogP contribution in [0.25, 0.3) is 10.4 Å². The molecule has 2 aliphatic rings. The van der Waals surface area contributed by atoms with Crippen molar-refractivity contribution in [3.05, 3.63) is 39.4 Å². The van der Waals surface area contributed by atoms with Crippen LogP contribution in [0.15, 0.2) is 23.1 Å². The van der Waals surface area contributed by atoms with Gasteiger partial charge in [0, 0.05) is 61.5 Å². The van der Waals surface area contributed by atoms with Gasteiger partial charge in [-0.25, -0.2) is 4.98 Å². The van der Waals surface area contributed by atoms with Crippen LogP contribution < -0.4 is 5.56 Å². The predicted octanol–water partition coefficient (Wildman–Crippen LogP) is 4.17. The first-order chi connectivity index (χ1) is 12.4. The number of likely N-dealkylation sites (tertiary alicyclic amines) is 1. The lowest BCUT2D eigenvalue weighted by Gasteiger charge is -2.43. The summed E-state index contributed by atoms with van der Waals surface area (Å²) in [6, 6.07) is 4.08. The van der Waals surface area contributed by atoms with Crippen molar-refractivity contribution in [2.45, 2.75) is 52.5 Å². The molecule has 1 fully saturated rings. The lowest BCUT2D eigenvalue weighted by molar-refractivity contribution is 0.109. The fourth-order valence-electron chi connectivity index (χ4n) is 4.55. The van der Waals surface area contributed by atoms with Gasteiger partial charge in [0.1, 0.15) is 0 Å². The van der Waals surface area contributed by atoms with E-state index in [2.05, 4.69) is 43.6 Å². The molecule has 0 unspecified atom stereocenters. The maximum Gasteiger partial charge on any atom is 0.251 e. The number of fused-ring (bicyclic) bond motifs is 4. The van der Waals surface area contributed by atoms with Gasteiger partial charge in [0.2, 0.25) is 0 Å². The third kappa shape index (κ3) is 3.39. The standard InChI is InChI=1S/C21H29N3OS/c1-13(2)9-23-10-15-5-17(12-23)18-6-16(7-20(25)24(18)11-15)19-8-22-21(26-19)14(3)4/h6-8,13-15,17H,5,9-12H2,1-4H3/t15-,17+/m0/s1. The van der Waals surface area contributed by atoms with Crippen LogP contribution in [-0.4, -0.2) is 34.1 Å². The van der Waals surface area contributed by atoms with Crippen molar-refractivity contribution in [3.63, 3.8) is 0 Å². The highest BCUT2D eigenvalue weighted by molar-refractivity contribution is 7.15. The molecule has 2 aromatic rings. The minimum atomic E-state index is 0.156. The number of aromatic nitrogens is 2. The molecule has 4 nitrogen and oxygen atoms in total. The van der Waals surface area contributed by atoms with Gasteiger partial charge in [0.15, 0.2) is 0 Å². The maximum absolute atomic E-state index is 12.8.